The molecule has 3 nitrogen and oxygen atoms in total. The van der Waals surface area contributed by atoms with Gasteiger partial charge >= 0.3 is 5.97 Å². The van der Waals surface area contributed by atoms with E-state index in [4.69, 9.17) is 0 Å². The second-order valence-corrected chi connectivity index (χ2v) is 3.88. The summed E-state index contributed by atoms with van der Waals surface area (Å²) >= 11 is 0. The van der Waals surface area contributed by atoms with Crippen LogP contribution in [-0.2, 0) is 14.3 Å². The van der Waals surface area contributed by atoms with Crippen LogP contribution in [-0.4, -0.2) is 19.4 Å². The Morgan fingerprint density at radius 1 is 1.58 bits per heavy atom. The second kappa shape index (κ2) is 2.88. The van der Waals surface area contributed by atoms with Crippen LogP contribution >= 0.6 is 0 Å². The molecule has 68 valence electrons. The molecular weight excluding hydrogens is 156 g/mol. The van der Waals surface area contributed by atoms with Crippen molar-refractivity contribution in [2.24, 2.45) is 17.3 Å². The number of aldehydes is 1. The summed E-state index contributed by atoms with van der Waals surface area (Å²) in [5, 5.41) is 0. The molecule has 0 bridgehead atoms. The van der Waals surface area contributed by atoms with E-state index >= 15 is 0 Å². The quantitative estimate of drug-likeness (QED) is 0.459. The van der Waals surface area contributed by atoms with Crippen LogP contribution in [0.3, 0.4) is 0 Å². The molecule has 1 saturated carbocycles. The molecule has 0 aromatic heterocycles. The Hall–Kier alpha value is -0.860. The van der Waals surface area contributed by atoms with E-state index in [0.717, 1.165) is 6.29 Å². The van der Waals surface area contributed by atoms with Gasteiger partial charge in [-0.1, -0.05) is 13.8 Å². The Kier molecular flexibility index (Phi) is 2.22. The minimum Gasteiger partial charge on any atom is -0.469 e. The van der Waals surface area contributed by atoms with Crippen LogP contribution in [0.25, 0.3) is 0 Å². The number of carbonyl (C=O) groups excluding carboxylic acids is 2. The van der Waals surface area contributed by atoms with Crippen LogP contribution in [0.4, 0.5) is 0 Å². The van der Waals surface area contributed by atoms with Crippen LogP contribution in [0.15, 0.2) is 0 Å². The standard InChI is InChI=1S/C9H14O3/c1-9(2)6(5-10)4-7(9)8(11)12-3/h5-7H,4H2,1-3H3/t6-,7+/m1/s1. The highest BCUT2D eigenvalue weighted by Gasteiger charge is 2.52. The summed E-state index contributed by atoms with van der Waals surface area (Å²) in [4.78, 5) is 21.6. The topological polar surface area (TPSA) is 43.4 Å². The van der Waals surface area contributed by atoms with Gasteiger partial charge in [0.2, 0.25) is 0 Å². The summed E-state index contributed by atoms with van der Waals surface area (Å²) in [5.41, 5.74) is -0.213. The van der Waals surface area contributed by atoms with Crippen molar-refractivity contribution in [1.29, 1.82) is 0 Å². The van der Waals surface area contributed by atoms with E-state index < -0.39 is 0 Å². The molecule has 12 heavy (non-hydrogen) atoms. The molecule has 1 aliphatic rings. The van der Waals surface area contributed by atoms with Crippen molar-refractivity contribution >= 4 is 12.3 Å². The highest BCUT2D eigenvalue weighted by molar-refractivity contribution is 5.77. The molecule has 1 aliphatic carbocycles. The first-order valence-electron chi connectivity index (χ1n) is 4.07. The Morgan fingerprint density at radius 3 is 2.50 bits per heavy atom. The van der Waals surface area contributed by atoms with Crippen LogP contribution in [0, 0.1) is 17.3 Å². The molecule has 0 heterocycles. The zero-order valence-electron chi connectivity index (χ0n) is 7.66. The van der Waals surface area contributed by atoms with Crippen molar-refractivity contribution in [2.45, 2.75) is 20.3 Å². The van der Waals surface area contributed by atoms with E-state index in [2.05, 4.69) is 4.74 Å². The van der Waals surface area contributed by atoms with Crippen molar-refractivity contribution in [1.82, 2.24) is 0 Å². The van der Waals surface area contributed by atoms with Crippen molar-refractivity contribution in [3.05, 3.63) is 0 Å². The fourth-order valence-electron chi connectivity index (χ4n) is 1.73. The molecule has 0 unspecified atom stereocenters. The van der Waals surface area contributed by atoms with Crippen LogP contribution in [0.2, 0.25) is 0 Å². The highest BCUT2D eigenvalue weighted by Crippen LogP contribution is 2.50. The van der Waals surface area contributed by atoms with E-state index in [1.165, 1.54) is 7.11 Å². The first kappa shape index (κ1) is 9.23. The Balaban J connectivity index is 2.64. The van der Waals surface area contributed by atoms with E-state index in [1.807, 2.05) is 13.8 Å². The maximum Gasteiger partial charge on any atom is 0.309 e. The van der Waals surface area contributed by atoms with E-state index in [0.29, 0.717) is 6.42 Å². The Morgan fingerprint density at radius 2 is 2.17 bits per heavy atom. The number of rotatable bonds is 2. The molecule has 1 rings (SSSR count). The number of hydrogen-bond acceptors (Lipinski definition) is 3. The maximum atomic E-state index is 11.1. The minimum absolute atomic E-state index is 0.0154. The third-order valence-corrected chi connectivity index (χ3v) is 2.99. The van der Waals surface area contributed by atoms with Gasteiger partial charge in [-0.05, 0) is 11.8 Å². The lowest BCUT2D eigenvalue weighted by molar-refractivity contribution is -0.163. The van der Waals surface area contributed by atoms with Crippen molar-refractivity contribution in [3.8, 4) is 0 Å². The number of hydrogen-bond donors (Lipinski definition) is 0. The van der Waals surface area contributed by atoms with Crippen molar-refractivity contribution in [3.63, 3.8) is 0 Å². The number of esters is 1. The summed E-state index contributed by atoms with van der Waals surface area (Å²) in [5.74, 6) is -0.280. The second-order valence-electron chi connectivity index (χ2n) is 3.88. The molecule has 1 fully saturated rings. The van der Waals surface area contributed by atoms with Gasteiger partial charge in [0, 0.05) is 5.92 Å². The summed E-state index contributed by atoms with van der Waals surface area (Å²) in [7, 11) is 1.38. The normalized spacial score (nSPS) is 31.9. The molecular formula is C9H14O3. The maximum absolute atomic E-state index is 11.1. The number of carbonyl (C=O) groups is 2. The molecule has 0 aliphatic heterocycles. The van der Waals surface area contributed by atoms with Crippen LogP contribution in [0.5, 0.6) is 0 Å². The van der Waals surface area contributed by atoms with Gasteiger partial charge < -0.3 is 9.53 Å². The van der Waals surface area contributed by atoms with Gasteiger partial charge in [0.1, 0.15) is 6.29 Å². The van der Waals surface area contributed by atoms with Gasteiger partial charge in [-0.2, -0.15) is 0 Å². The first-order valence-corrected chi connectivity index (χ1v) is 4.07. The SMILES string of the molecule is COC(=O)[C@@H]1C[C@H](C=O)C1(C)C. The van der Waals surface area contributed by atoms with E-state index in [9.17, 15) is 9.59 Å². The zero-order chi connectivity index (χ0) is 9.35. The molecule has 3 heteroatoms. The van der Waals surface area contributed by atoms with Gasteiger partial charge in [0.25, 0.3) is 0 Å². The molecule has 0 radical (unpaired) electrons. The number of methoxy groups -OCH3 is 1. The first-order chi connectivity index (χ1) is 5.54. The largest absolute Gasteiger partial charge is 0.469 e. The summed E-state index contributed by atoms with van der Waals surface area (Å²) in [6, 6.07) is 0. The fraction of sp³-hybridized carbons (Fsp3) is 0.778. The van der Waals surface area contributed by atoms with Crippen molar-refractivity contribution in [2.75, 3.05) is 7.11 Å². The Bertz CT molecular complexity index is 208. The zero-order valence-corrected chi connectivity index (χ0v) is 7.66. The molecule has 0 N–H and O–H groups in total. The average Bonchev–Trinajstić information content (AvgIpc) is 2.03. The lowest BCUT2D eigenvalue weighted by Gasteiger charge is -2.47. The summed E-state index contributed by atoms with van der Waals surface area (Å²) in [6.45, 7) is 3.86. The minimum atomic E-state index is -0.213. The summed E-state index contributed by atoms with van der Waals surface area (Å²) in [6.07, 6.45) is 1.57. The molecule has 2 atom stereocenters. The van der Waals surface area contributed by atoms with Gasteiger partial charge in [-0.3, -0.25) is 4.79 Å². The third kappa shape index (κ3) is 1.13. The number of ether oxygens (including phenoxy) is 1. The average molecular weight is 170 g/mol. The van der Waals surface area contributed by atoms with Crippen molar-refractivity contribution < 1.29 is 14.3 Å². The molecule has 0 aromatic rings. The van der Waals surface area contributed by atoms with Gasteiger partial charge in [0.05, 0.1) is 13.0 Å². The fourth-order valence-corrected chi connectivity index (χ4v) is 1.73. The van der Waals surface area contributed by atoms with Gasteiger partial charge in [-0.15, -0.1) is 0 Å². The molecule has 0 saturated heterocycles. The van der Waals surface area contributed by atoms with Gasteiger partial charge in [-0.25, -0.2) is 0 Å². The van der Waals surface area contributed by atoms with Crippen LogP contribution < -0.4 is 0 Å². The Labute approximate surface area is 72.1 Å². The van der Waals surface area contributed by atoms with E-state index in [-0.39, 0.29) is 23.2 Å². The van der Waals surface area contributed by atoms with E-state index in [1.54, 1.807) is 0 Å². The highest BCUT2D eigenvalue weighted by atomic mass is 16.5. The smallest absolute Gasteiger partial charge is 0.309 e. The molecule has 0 aromatic carbocycles. The molecule has 0 spiro atoms. The summed E-state index contributed by atoms with van der Waals surface area (Å²) < 4.78 is 4.63. The third-order valence-electron chi connectivity index (χ3n) is 2.99. The van der Waals surface area contributed by atoms with Crippen LogP contribution in [0.1, 0.15) is 20.3 Å². The predicted molar refractivity (Wildman–Crippen MR) is 43.5 cm³/mol. The van der Waals surface area contributed by atoms with Gasteiger partial charge in [0.15, 0.2) is 0 Å². The predicted octanol–water partition coefficient (Wildman–Crippen LogP) is 1.02. The lowest BCUT2D eigenvalue weighted by atomic mass is 9.55. The molecule has 0 amide bonds. The lowest BCUT2D eigenvalue weighted by Crippen LogP contribution is -2.49. The monoisotopic (exact) mass is 170 g/mol.